The minimum atomic E-state index is 0.0862. The quantitative estimate of drug-likeness (QED) is 0.535. The summed E-state index contributed by atoms with van der Waals surface area (Å²) in [7, 11) is 0. The maximum absolute atomic E-state index is 5.53. The van der Waals surface area contributed by atoms with Crippen LogP contribution in [-0.4, -0.2) is 25.8 Å². The molecular formula is C10H15NO. The summed E-state index contributed by atoms with van der Waals surface area (Å²) in [5.74, 6) is 2.69. The first kappa shape index (κ1) is 8.10. The third-order valence-corrected chi connectivity index (χ3v) is 3.06. The number of ether oxygens (including phenoxy) is 1. The van der Waals surface area contributed by atoms with E-state index in [0.29, 0.717) is 5.41 Å². The molecule has 2 rings (SSSR count). The standard InChI is InChI=1S/C10H15NO/c1-2-9-7-10(8-12-9)3-5-11-6-4-10/h1,9,11H,3-8H2/t9-/m0/s1. The molecule has 0 saturated carbocycles. The molecule has 0 bridgehead atoms. The summed E-state index contributed by atoms with van der Waals surface area (Å²) in [4.78, 5) is 0. The van der Waals surface area contributed by atoms with Gasteiger partial charge in [-0.1, -0.05) is 5.92 Å². The zero-order valence-corrected chi connectivity index (χ0v) is 7.31. The number of piperidine rings is 1. The molecule has 0 unspecified atom stereocenters. The van der Waals surface area contributed by atoms with Crippen LogP contribution < -0.4 is 5.32 Å². The Bertz CT molecular complexity index is 200. The number of hydrogen-bond donors (Lipinski definition) is 1. The molecule has 1 atom stereocenters. The van der Waals surface area contributed by atoms with E-state index in [1.54, 1.807) is 0 Å². The van der Waals surface area contributed by atoms with Crippen molar-refractivity contribution in [1.82, 2.24) is 5.32 Å². The Morgan fingerprint density at radius 3 is 2.75 bits per heavy atom. The summed E-state index contributed by atoms with van der Waals surface area (Å²) >= 11 is 0. The van der Waals surface area contributed by atoms with E-state index >= 15 is 0 Å². The van der Waals surface area contributed by atoms with Gasteiger partial charge in [0.1, 0.15) is 6.10 Å². The van der Waals surface area contributed by atoms with Gasteiger partial charge >= 0.3 is 0 Å². The first-order valence-electron chi connectivity index (χ1n) is 4.63. The van der Waals surface area contributed by atoms with Crippen LogP contribution in [0.2, 0.25) is 0 Å². The first-order chi connectivity index (χ1) is 5.85. The van der Waals surface area contributed by atoms with E-state index in [2.05, 4.69) is 11.2 Å². The predicted octanol–water partition coefficient (Wildman–Crippen LogP) is 0.778. The molecule has 0 aliphatic carbocycles. The zero-order valence-electron chi connectivity index (χ0n) is 7.31. The Labute approximate surface area is 73.7 Å². The van der Waals surface area contributed by atoms with E-state index in [0.717, 1.165) is 26.1 Å². The topological polar surface area (TPSA) is 21.3 Å². The molecule has 1 N–H and O–H groups in total. The zero-order chi connectivity index (χ0) is 8.44. The molecule has 0 radical (unpaired) electrons. The van der Waals surface area contributed by atoms with Crippen LogP contribution >= 0.6 is 0 Å². The molecule has 0 amide bonds. The molecule has 0 aromatic heterocycles. The van der Waals surface area contributed by atoms with Crippen molar-refractivity contribution in [3.05, 3.63) is 0 Å². The Balaban J connectivity index is 1.99. The largest absolute Gasteiger partial charge is 0.365 e. The van der Waals surface area contributed by atoms with Crippen LogP contribution in [0.4, 0.5) is 0 Å². The van der Waals surface area contributed by atoms with Gasteiger partial charge in [0.05, 0.1) is 6.61 Å². The minimum absolute atomic E-state index is 0.0862. The normalized spacial score (nSPS) is 33.4. The fraction of sp³-hybridized carbons (Fsp3) is 0.800. The highest BCUT2D eigenvalue weighted by atomic mass is 16.5. The number of terminal acetylenes is 1. The van der Waals surface area contributed by atoms with Crippen molar-refractivity contribution >= 4 is 0 Å². The number of nitrogens with one attached hydrogen (secondary N) is 1. The average molecular weight is 165 g/mol. The minimum Gasteiger partial charge on any atom is -0.365 e. The average Bonchev–Trinajstić information content (AvgIpc) is 2.50. The van der Waals surface area contributed by atoms with Crippen LogP contribution in [0.15, 0.2) is 0 Å². The predicted molar refractivity (Wildman–Crippen MR) is 47.7 cm³/mol. The second-order valence-electron chi connectivity index (χ2n) is 3.92. The summed E-state index contributed by atoms with van der Waals surface area (Å²) in [6.45, 7) is 3.13. The van der Waals surface area contributed by atoms with Gasteiger partial charge in [-0.25, -0.2) is 0 Å². The number of hydrogen-bond acceptors (Lipinski definition) is 2. The van der Waals surface area contributed by atoms with Crippen molar-refractivity contribution in [3.63, 3.8) is 0 Å². The Hall–Kier alpha value is -0.520. The first-order valence-corrected chi connectivity index (χ1v) is 4.63. The lowest BCUT2D eigenvalue weighted by Crippen LogP contribution is -2.37. The van der Waals surface area contributed by atoms with Gasteiger partial charge in [-0.15, -0.1) is 6.42 Å². The summed E-state index contributed by atoms with van der Waals surface area (Å²) < 4.78 is 5.53. The molecule has 66 valence electrons. The molecule has 1 spiro atoms. The highest BCUT2D eigenvalue weighted by Crippen LogP contribution is 2.39. The number of rotatable bonds is 0. The van der Waals surface area contributed by atoms with E-state index < -0.39 is 0 Å². The molecular weight excluding hydrogens is 150 g/mol. The highest BCUT2D eigenvalue weighted by molar-refractivity contribution is 5.03. The molecule has 0 aromatic rings. The van der Waals surface area contributed by atoms with E-state index in [4.69, 9.17) is 11.2 Å². The van der Waals surface area contributed by atoms with E-state index in [1.165, 1.54) is 12.8 Å². The lowest BCUT2D eigenvalue weighted by Gasteiger charge is -2.31. The molecule has 2 saturated heterocycles. The lowest BCUT2D eigenvalue weighted by atomic mass is 9.77. The molecule has 2 fully saturated rings. The van der Waals surface area contributed by atoms with E-state index in [1.807, 2.05) is 0 Å². The van der Waals surface area contributed by atoms with Gasteiger partial charge in [0.2, 0.25) is 0 Å². The van der Waals surface area contributed by atoms with Gasteiger partial charge in [0, 0.05) is 0 Å². The maximum atomic E-state index is 5.53. The van der Waals surface area contributed by atoms with Crippen molar-refractivity contribution in [2.45, 2.75) is 25.4 Å². The van der Waals surface area contributed by atoms with Gasteiger partial charge < -0.3 is 10.1 Å². The van der Waals surface area contributed by atoms with Crippen molar-refractivity contribution in [1.29, 1.82) is 0 Å². The second-order valence-corrected chi connectivity index (χ2v) is 3.92. The molecule has 2 heteroatoms. The fourth-order valence-corrected chi connectivity index (χ4v) is 2.20. The SMILES string of the molecule is C#C[C@H]1CC2(CCNCC2)CO1. The summed E-state index contributed by atoms with van der Waals surface area (Å²) in [5.41, 5.74) is 0.419. The molecule has 0 aromatic carbocycles. The highest BCUT2D eigenvalue weighted by Gasteiger charge is 2.40. The molecule has 2 heterocycles. The monoisotopic (exact) mass is 165 g/mol. The van der Waals surface area contributed by atoms with Gasteiger partial charge in [-0.2, -0.15) is 0 Å². The summed E-state index contributed by atoms with van der Waals surface area (Å²) in [5, 5.41) is 3.36. The second kappa shape index (κ2) is 3.08. The van der Waals surface area contributed by atoms with Crippen LogP contribution in [0.1, 0.15) is 19.3 Å². The van der Waals surface area contributed by atoms with Gasteiger partial charge in [-0.05, 0) is 37.8 Å². The summed E-state index contributed by atoms with van der Waals surface area (Å²) in [6, 6.07) is 0. The van der Waals surface area contributed by atoms with Crippen molar-refractivity contribution < 1.29 is 4.74 Å². The van der Waals surface area contributed by atoms with Gasteiger partial charge in [-0.3, -0.25) is 0 Å². The fourth-order valence-electron chi connectivity index (χ4n) is 2.20. The van der Waals surface area contributed by atoms with Crippen LogP contribution in [-0.2, 0) is 4.74 Å². The third kappa shape index (κ3) is 1.35. The van der Waals surface area contributed by atoms with Crippen LogP contribution in [0, 0.1) is 17.8 Å². The Morgan fingerprint density at radius 2 is 2.17 bits per heavy atom. The molecule has 12 heavy (non-hydrogen) atoms. The third-order valence-electron chi connectivity index (χ3n) is 3.06. The van der Waals surface area contributed by atoms with Crippen LogP contribution in [0.3, 0.4) is 0 Å². The van der Waals surface area contributed by atoms with E-state index in [9.17, 15) is 0 Å². The van der Waals surface area contributed by atoms with Crippen molar-refractivity contribution in [2.24, 2.45) is 5.41 Å². The smallest absolute Gasteiger partial charge is 0.118 e. The van der Waals surface area contributed by atoms with Crippen molar-refractivity contribution in [2.75, 3.05) is 19.7 Å². The van der Waals surface area contributed by atoms with E-state index in [-0.39, 0.29) is 6.10 Å². The molecule has 2 aliphatic heterocycles. The van der Waals surface area contributed by atoms with Gasteiger partial charge in [0.25, 0.3) is 0 Å². The Kier molecular flexibility index (Phi) is 2.08. The van der Waals surface area contributed by atoms with Gasteiger partial charge in [0.15, 0.2) is 0 Å². The lowest BCUT2D eigenvalue weighted by molar-refractivity contribution is 0.110. The van der Waals surface area contributed by atoms with Crippen LogP contribution in [0.25, 0.3) is 0 Å². The maximum Gasteiger partial charge on any atom is 0.118 e. The van der Waals surface area contributed by atoms with Crippen LogP contribution in [0.5, 0.6) is 0 Å². The Morgan fingerprint density at radius 1 is 1.42 bits per heavy atom. The molecule has 2 aliphatic rings. The summed E-state index contributed by atoms with van der Waals surface area (Å²) in [6.07, 6.45) is 8.95. The van der Waals surface area contributed by atoms with Crippen molar-refractivity contribution in [3.8, 4) is 12.3 Å². The molecule has 2 nitrogen and oxygen atoms in total.